The van der Waals surface area contributed by atoms with E-state index in [1.165, 1.54) is 24.2 Å². The number of benzene rings is 2. The number of hydrogen-bond donors (Lipinski definition) is 2. The van der Waals surface area contributed by atoms with E-state index in [2.05, 4.69) is 26.1 Å². The molecule has 34 heavy (non-hydrogen) atoms. The van der Waals surface area contributed by atoms with E-state index in [0.29, 0.717) is 16.9 Å². The fraction of sp³-hybridized carbons (Fsp3) is 0.222. The maximum atomic E-state index is 13.3. The van der Waals surface area contributed by atoms with Crippen molar-refractivity contribution in [3.63, 3.8) is 0 Å². The first kappa shape index (κ1) is 23.0. The van der Waals surface area contributed by atoms with Crippen LogP contribution in [0.15, 0.2) is 82.7 Å². The maximum Gasteiger partial charge on any atom is 0.294 e. The molecule has 2 aromatic carbocycles. The van der Waals surface area contributed by atoms with E-state index in [-0.39, 0.29) is 22.7 Å². The summed E-state index contributed by atoms with van der Waals surface area (Å²) in [6.07, 6.45) is 1.36. The molecule has 0 radical (unpaired) electrons. The van der Waals surface area contributed by atoms with Crippen LogP contribution in [0.5, 0.6) is 0 Å². The zero-order chi connectivity index (χ0) is 24.6. The average molecular weight is 459 g/mol. The van der Waals surface area contributed by atoms with Crippen molar-refractivity contribution in [3.8, 4) is 0 Å². The number of aliphatic hydroxyl groups is 1. The lowest BCUT2D eigenvalue weighted by Crippen LogP contribution is -2.31. The minimum absolute atomic E-state index is 0.0273. The number of hydrogen-bond acceptors (Lipinski definition) is 5. The summed E-state index contributed by atoms with van der Waals surface area (Å²) in [5.74, 6) is -2.13. The van der Waals surface area contributed by atoms with E-state index in [1.807, 2.05) is 24.3 Å². The van der Waals surface area contributed by atoms with E-state index >= 15 is 0 Å². The molecule has 2 N–H and O–H groups in total. The molecule has 0 saturated heterocycles. The highest BCUT2D eigenvalue weighted by atomic mass is 16.3. The van der Waals surface area contributed by atoms with Crippen LogP contribution in [-0.2, 0) is 15.0 Å². The fourth-order valence-corrected chi connectivity index (χ4v) is 4.06. The van der Waals surface area contributed by atoms with Gasteiger partial charge < -0.3 is 14.8 Å². The molecule has 1 aliphatic rings. The van der Waals surface area contributed by atoms with Gasteiger partial charge in [0.1, 0.15) is 0 Å². The molecule has 0 spiro atoms. The van der Waals surface area contributed by atoms with E-state index in [0.717, 1.165) is 5.56 Å². The monoisotopic (exact) mass is 458 g/mol. The molecule has 0 saturated carbocycles. The molecular formula is C27H26N2O5. The molecule has 1 unspecified atom stereocenters. The zero-order valence-corrected chi connectivity index (χ0v) is 19.5. The first-order chi connectivity index (χ1) is 16.1. The Morgan fingerprint density at radius 1 is 1.03 bits per heavy atom. The Labute approximate surface area is 197 Å². The Hall–Kier alpha value is -4.13. The summed E-state index contributed by atoms with van der Waals surface area (Å²) in [7, 11) is 0. The van der Waals surface area contributed by atoms with Crippen LogP contribution in [0.3, 0.4) is 0 Å². The number of amides is 2. The van der Waals surface area contributed by atoms with Gasteiger partial charge in [0.25, 0.3) is 5.91 Å². The molecule has 1 aliphatic heterocycles. The lowest BCUT2D eigenvalue weighted by molar-refractivity contribution is -0.117. The quantitative estimate of drug-likeness (QED) is 0.504. The highest BCUT2D eigenvalue weighted by molar-refractivity contribution is 6.20. The molecule has 1 aromatic heterocycles. The van der Waals surface area contributed by atoms with Crippen molar-refractivity contribution in [3.05, 3.63) is 95.1 Å². The van der Waals surface area contributed by atoms with Crippen LogP contribution in [0.4, 0.5) is 11.4 Å². The largest absolute Gasteiger partial charge is 0.503 e. The highest BCUT2D eigenvalue weighted by Gasteiger charge is 2.45. The first-order valence-corrected chi connectivity index (χ1v) is 10.9. The normalized spacial score (nSPS) is 16.2. The van der Waals surface area contributed by atoms with Gasteiger partial charge in [-0.25, -0.2) is 0 Å². The standard InChI is InChI=1S/C27H26N2O5/c1-16(30)28-19-7-5-8-20(15-19)29-23(17-10-12-18(13-11-17)27(2,3)4)22(25(32)26(29)33)24(31)21-9-6-14-34-21/h5-15,23,32H,1-4H3,(H,28,30). The molecule has 174 valence electrons. The van der Waals surface area contributed by atoms with Crippen molar-refractivity contribution >= 4 is 29.0 Å². The number of nitrogens with one attached hydrogen (secondary N) is 1. The van der Waals surface area contributed by atoms with E-state index in [1.54, 1.807) is 30.3 Å². The van der Waals surface area contributed by atoms with Gasteiger partial charge in [0, 0.05) is 18.3 Å². The molecule has 7 nitrogen and oxygen atoms in total. The SMILES string of the molecule is CC(=O)Nc1cccc(N2C(=O)C(O)=C(C(=O)c3ccco3)C2c2ccc(C(C)(C)C)cc2)c1. The van der Waals surface area contributed by atoms with E-state index < -0.39 is 23.5 Å². The number of nitrogens with zero attached hydrogens (tertiary/aromatic N) is 1. The summed E-state index contributed by atoms with van der Waals surface area (Å²) in [6.45, 7) is 7.68. The van der Waals surface area contributed by atoms with Gasteiger partial charge in [-0.3, -0.25) is 19.3 Å². The Morgan fingerprint density at radius 3 is 2.32 bits per heavy atom. The third-order valence-corrected chi connectivity index (χ3v) is 5.73. The van der Waals surface area contributed by atoms with Crippen LogP contribution in [0, 0.1) is 0 Å². The number of rotatable bonds is 5. The summed E-state index contributed by atoms with van der Waals surface area (Å²) in [4.78, 5) is 39.5. The summed E-state index contributed by atoms with van der Waals surface area (Å²) in [5.41, 5.74) is 2.52. The van der Waals surface area contributed by atoms with Gasteiger partial charge in [0.05, 0.1) is 17.9 Å². The molecule has 4 rings (SSSR count). The Bertz CT molecular complexity index is 1280. The number of carbonyl (C=O) groups is 3. The van der Waals surface area contributed by atoms with Crippen LogP contribution in [-0.4, -0.2) is 22.7 Å². The van der Waals surface area contributed by atoms with Crippen molar-refractivity contribution in [2.24, 2.45) is 0 Å². The first-order valence-electron chi connectivity index (χ1n) is 10.9. The van der Waals surface area contributed by atoms with Gasteiger partial charge in [0.15, 0.2) is 11.5 Å². The second kappa shape index (κ2) is 8.67. The Kier molecular flexibility index (Phi) is 5.87. The number of ketones is 1. The number of furan rings is 1. The topological polar surface area (TPSA) is 99.9 Å². The molecule has 2 amide bonds. The molecule has 0 fully saturated rings. The van der Waals surface area contributed by atoms with Gasteiger partial charge in [0.2, 0.25) is 11.7 Å². The number of Topliss-reactive ketones (excluding diaryl/α,β-unsaturated/α-hetero) is 1. The van der Waals surface area contributed by atoms with Crippen molar-refractivity contribution < 1.29 is 23.9 Å². The average Bonchev–Trinajstić information content (AvgIpc) is 3.40. The summed E-state index contributed by atoms with van der Waals surface area (Å²) >= 11 is 0. The van der Waals surface area contributed by atoms with Crippen molar-refractivity contribution in [2.75, 3.05) is 10.2 Å². The summed E-state index contributed by atoms with van der Waals surface area (Å²) in [5, 5.41) is 13.5. The van der Waals surface area contributed by atoms with Gasteiger partial charge in [-0.1, -0.05) is 51.1 Å². The van der Waals surface area contributed by atoms with Crippen molar-refractivity contribution in [1.29, 1.82) is 0 Å². The van der Waals surface area contributed by atoms with E-state index in [9.17, 15) is 19.5 Å². The zero-order valence-electron chi connectivity index (χ0n) is 19.5. The van der Waals surface area contributed by atoms with Crippen LogP contribution in [0.1, 0.15) is 55.4 Å². The second-order valence-corrected chi connectivity index (χ2v) is 9.25. The molecule has 3 aromatic rings. The predicted molar refractivity (Wildman–Crippen MR) is 129 cm³/mol. The number of carbonyl (C=O) groups excluding carboxylic acids is 3. The Balaban J connectivity index is 1.85. The van der Waals surface area contributed by atoms with Gasteiger partial charge in [-0.2, -0.15) is 0 Å². The molecular weight excluding hydrogens is 432 g/mol. The third kappa shape index (κ3) is 4.24. The minimum atomic E-state index is -0.883. The smallest absolute Gasteiger partial charge is 0.294 e. The molecule has 0 bridgehead atoms. The maximum absolute atomic E-state index is 13.3. The molecule has 7 heteroatoms. The van der Waals surface area contributed by atoms with Gasteiger partial charge in [-0.05, 0) is 46.9 Å². The molecule has 1 atom stereocenters. The lowest BCUT2D eigenvalue weighted by Gasteiger charge is -2.28. The van der Waals surface area contributed by atoms with Crippen LogP contribution in [0.2, 0.25) is 0 Å². The number of aliphatic hydroxyl groups excluding tert-OH is 1. The van der Waals surface area contributed by atoms with Crippen molar-refractivity contribution in [1.82, 2.24) is 0 Å². The highest BCUT2D eigenvalue weighted by Crippen LogP contribution is 2.42. The molecule has 2 heterocycles. The van der Waals surface area contributed by atoms with Gasteiger partial charge >= 0.3 is 0 Å². The number of anilines is 2. The Morgan fingerprint density at radius 2 is 1.74 bits per heavy atom. The molecule has 0 aliphatic carbocycles. The second-order valence-electron chi connectivity index (χ2n) is 9.25. The lowest BCUT2D eigenvalue weighted by atomic mass is 9.85. The predicted octanol–water partition coefficient (Wildman–Crippen LogP) is 5.32. The van der Waals surface area contributed by atoms with Crippen LogP contribution in [0.25, 0.3) is 0 Å². The van der Waals surface area contributed by atoms with Crippen molar-refractivity contribution in [2.45, 2.75) is 39.2 Å². The van der Waals surface area contributed by atoms with Crippen LogP contribution >= 0.6 is 0 Å². The minimum Gasteiger partial charge on any atom is -0.503 e. The van der Waals surface area contributed by atoms with Crippen LogP contribution < -0.4 is 10.2 Å². The fourth-order valence-electron chi connectivity index (χ4n) is 4.06. The van der Waals surface area contributed by atoms with E-state index in [4.69, 9.17) is 4.42 Å². The summed E-state index contributed by atoms with van der Waals surface area (Å²) in [6, 6.07) is 16.5. The third-order valence-electron chi connectivity index (χ3n) is 5.73. The van der Waals surface area contributed by atoms with Gasteiger partial charge in [-0.15, -0.1) is 0 Å². The summed E-state index contributed by atoms with van der Waals surface area (Å²) < 4.78 is 5.27.